The molecule has 1 amide bonds. The maximum Gasteiger partial charge on any atom is 0.241 e. The molecule has 0 aliphatic heterocycles. The van der Waals surface area contributed by atoms with Crippen molar-refractivity contribution in [2.45, 2.75) is 43.8 Å². The maximum absolute atomic E-state index is 12.6. The molecule has 0 bridgehead atoms. The van der Waals surface area contributed by atoms with E-state index in [1.807, 2.05) is 24.3 Å². The van der Waals surface area contributed by atoms with Crippen LogP contribution in [-0.4, -0.2) is 26.1 Å². The molecule has 0 fully saturated rings. The fraction of sp³-hybridized carbons (Fsp3) is 0.389. The van der Waals surface area contributed by atoms with E-state index in [9.17, 15) is 13.2 Å². The van der Waals surface area contributed by atoms with E-state index in [4.69, 9.17) is 0 Å². The first-order valence-corrected chi connectivity index (χ1v) is 9.16. The van der Waals surface area contributed by atoms with Crippen molar-refractivity contribution in [1.29, 1.82) is 0 Å². The fourth-order valence-electron chi connectivity index (χ4n) is 2.05. The Morgan fingerprint density at radius 1 is 1.04 bits per heavy atom. The normalized spacial score (nSPS) is 11.5. The van der Waals surface area contributed by atoms with Gasteiger partial charge in [-0.2, -0.15) is 0 Å². The molecule has 0 aliphatic carbocycles. The lowest BCUT2D eigenvalue weighted by atomic mass is 10.1. The van der Waals surface area contributed by atoms with Gasteiger partial charge in [0.25, 0.3) is 0 Å². The molecular formula is C18H25NO3S. The third-order valence-electron chi connectivity index (χ3n) is 3.48. The number of hydrogen-bond acceptors (Lipinski definition) is 3. The first kappa shape index (κ1) is 19.2. The standard InChI is InChI=1S/C15H17NO3S.C3H8/c1-15(2,14(17)16-3)20(18,19)13-9-8-11-6-4-5-7-12(11)10-13;1-3-2/h4-10H,1-3H3,(H,16,17);3H2,1-2H3. The van der Waals surface area contributed by atoms with Crippen LogP contribution in [-0.2, 0) is 14.6 Å². The van der Waals surface area contributed by atoms with Crippen LogP contribution >= 0.6 is 0 Å². The highest BCUT2D eigenvalue weighted by molar-refractivity contribution is 7.93. The van der Waals surface area contributed by atoms with Crippen molar-refractivity contribution >= 4 is 26.5 Å². The van der Waals surface area contributed by atoms with Gasteiger partial charge in [-0.25, -0.2) is 8.42 Å². The number of fused-ring (bicyclic) bond motifs is 1. The van der Waals surface area contributed by atoms with Gasteiger partial charge in [0.2, 0.25) is 5.91 Å². The van der Waals surface area contributed by atoms with E-state index in [1.165, 1.54) is 27.3 Å². The molecule has 4 nitrogen and oxygen atoms in total. The van der Waals surface area contributed by atoms with Crippen molar-refractivity contribution < 1.29 is 13.2 Å². The highest BCUT2D eigenvalue weighted by Gasteiger charge is 2.42. The largest absolute Gasteiger partial charge is 0.358 e. The molecule has 0 aliphatic rings. The Hall–Kier alpha value is -1.88. The molecule has 1 N–H and O–H groups in total. The summed E-state index contributed by atoms with van der Waals surface area (Å²) in [6.45, 7) is 7.08. The van der Waals surface area contributed by atoms with Crippen LogP contribution in [0.3, 0.4) is 0 Å². The number of nitrogens with one attached hydrogen (secondary N) is 1. The highest BCUT2D eigenvalue weighted by atomic mass is 32.2. The van der Waals surface area contributed by atoms with Gasteiger partial charge in [0.15, 0.2) is 9.84 Å². The average Bonchev–Trinajstić information content (AvgIpc) is 2.54. The summed E-state index contributed by atoms with van der Waals surface area (Å²) in [7, 11) is -2.32. The molecule has 0 heterocycles. The maximum atomic E-state index is 12.6. The minimum atomic E-state index is -3.75. The predicted molar refractivity (Wildman–Crippen MR) is 95.2 cm³/mol. The van der Waals surface area contributed by atoms with Crippen LogP contribution in [0.1, 0.15) is 34.1 Å². The first-order chi connectivity index (χ1) is 10.7. The Kier molecular flexibility index (Phi) is 6.33. The van der Waals surface area contributed by atoms with Gasteiger partial charge in [-0.05, 0) is 36.8 Å². The number of rotatable bonds is 3. The second-order valence-corrected chi connectivity index (χ2v) is 8.31. The molecule has 0 saturated carbocycles. The molecule has 2 rings (SSSR count). The molecule has 0 radical (unpaired) electrons. The predicted octanol–water partition coefficient (Wildman–Crippen LogP) is 3.55. The van der Waals surface area contributed by atoms with E-state index in [-0.39, 0.29) is 4.90 Å². The number of sulfone groups is 1. The minimum absolute atomic E-state index is 0.157. The van der Waals surface area contributed by atoms with Crippen molar-refractivity contribution in [3.8, 4) is 0 Å². The number of carbonyl (C=O) groups is 1. The summed E-state index contributed by atoms with van der Waals surface area (Å²) in [5, 5.41) is 4.20. The van der Waals surface area contributed by atoms with Crippen LogP contribution in [0.5, 0.6) is 0 Å². The lowest BCUT2D eigenvalue weighted by molar-refractivity contribution is -0.122. The van der Waals surface area contributed by atoms with Gasteiger partial charge in [0.05, 0.1) is 4.90 Å². The summed E-state index contributed by atoms with van der Waals surface area (Å²) in [5.74, 6) is -0.523. The number of hydrogen-bond donors (Lipinski definition) is 1. The van der Waals surface area contributed by atoms with Crippen molar-refractivity contribution in [3.63, 3.8) is 0 Å². The average molecular weight is 335 g/mol. The molecule has 126 valence electrons. The van der Waals surface area contributed by atoms with Crippen molar-refractivity contribution in [2.24, 2.45) is 0 Å². The fourth-order valence-corrected chi connectivity index (χ4v) is 3.52. The van der Waals surface area contributed by atoms with Crippen molar-refractivity contribution in [3.05, 3.63) is 42.5 Å². The summed E-state index contributed by atoms with van der Waals surface area (Å²) < 4.78 is 23.8. The molecule has 5 heteroatoms. The van der Waals surface area contributed by atoms with E-state index in [0.29, 0.717) is 0 Å². The zero-order valence-corrected chi connectivity index (χ0v) is 15.2. The van der Waals surface area contributed by atoms with Gasteiger partial charge in [-0.3, -0.25) is 4.79 Å². The van der Waals surface area contributed by atoms with Gasteiger partial charge in [0.1, 0.15) is 4.75 Å². The Morgan fingerprint density at radius 2 is 1.57 bits per heavy atom. The van der Waals surface area contributed by atoms with Gasteiger partial charge in [0, 0.05) is 7.05 Å². The van der Waals surface area contributed by atoms with E-state index >= 15 is 0 Å². The topological polar surface area (TPSA) is 63.2 Å². The zero-order valence-electron chi connectivity index (χ0n) is 14.4. The SMILES string of the molecule is CCC.CNC(=O)C(C)(C)S(=O)(=O)c1ccc2ccccc2c1. The van der Waals surface area contributed by atoms with E-state index in [1.54, 1.807) is 18.2 Å². The van der Waals surface area contributed by atoms with Crippen LogP contribution in [0.4, 0.5) is 0 Å². The zero-order chi connectivity index (χ0) is 17.7. The van der Waals surface area contributed by atoms with E-state index in [0.717, 1.165) is 10.8 Å². The molecule has 2 aromatic carbocycles. The number of carbonyl (C=O) groups excluding carboxylic acids is 1. The molecular weight excluding hydrogens is 310 g/mol. The van der Waals surface area contributed by atoms with Crippen LogP contribution in [0.15, 0.2) is 47.4 Å². The summed E-state index contributed by atoms with van der Waals surface area (Å²) in [6.07, 6.45) is 1.25. The van der Waals surface area contributed by atoms with Crippen LogP contribution in [0.2, 0.25) is 0 Å². The summed E-state index contributed by atoms with van der Waals surface area (Å²) in [6, 6.07) is 12.4. The molecule has 23 heavy (non-hydrogen) atoms. The lowest BCUT2D eigenvalue weighted by Crippen LogP contribution is -2.46. The Labute approximate surface area is 138 Å². The van der Waals surface area contributed by atoms with E-state index in [2.05, 4.69) is 19.2 Å². The smallest absolute Gasteiger partial charge is 0.241 e. The number of amides is 1. The molecule has 0 spiro atoms. The summed E-state index contributed by atoms with van der Waals surface area (Å²) in [5.41, 5.74) is 0. The second kappa shape index (κ2) is 7.59. The summed E-state index contributed by atoms with van der Waals surface area (Å²) >= 11 is 0. The Bertz CT molecular complexity index is 780. The van der Waals surface area contributed by atoms with Gasteiger partial charge in [-0.1, -0.05) is 50.6 Å². The Balaban J connectivity index is 0.000000816. The van der Waals surface area contributed by atoms with Gasteiger partial charge >= 0.3 is 0 Å². The lowest BCUT2D eigenvalue weighted by Gasteiger charge is -2.23. The quantitative estimate of drug-likeness (QED) is 0.933. The van der Waals surface area contributed by atoms with Crippen LogP contribution in [0.25, 0.3) is 10.8 Å². The van der Waals surface area contributed by atoms with Crippen molar-refractivity contribution in [1.82, 2.24) is 5.32 Å². The molecule has 2 aromatic rings. The molecule has 0 saturated heterocycles. The van der Waals surface area contributed by atoms with Crippen LogP contribution < -0.4 is 5.32 Å². The van der Waals surface area contributed by atoms with Crippen LogP contribution in [0, 0.1) is 0 Å². The second-order valence-electron chi connectivity index (χ2n) is 5.81. The third kappa shape index (κ3) is 3.91. The first-order valence-electron chi connectivity index (χ1n) is 7.68. The third-order valence-corrected chi connectivity index (χ3v) is 5.88. The highest BCUT2D eigenvalue weighted by Crippen LogP contribution is 2.28. The monoisotopic (exact) mass is 335 g/mol. The van der Waals surface area contributed by atoms with Gasteiger partial charge < -0.3 is 5.32 Å². The summed E-state index contributed by atoms with van der Waals surface area (Å²) in [4.78, 5) is 12.0. The molecule has 0 unspecified atom stereocenters. The van der Waals surface area contributed by atoms with E-state index < -0.39 is 20.5 Å². The van der Waals surface area contributed by atoms with Gasteiger partial charge in [-0.15, -0.1) is 0 Å². The molecule has 0 atom stereocenters. The molecule has 0 aromatic heterocycles. The minimum Gasteiger partial charge on any atom is -0.358 e. The number of benzene rings is 2. The Morgan fingerprint density at radius 3 is 2.09 bits per heavy atom. The van der Waals surface area contributed by atoms with Crippen molar-refractivity contribution in [2.75, 3.05) is 7.05 Å².